The van der Waals surface area contributed by atoms with Gasteiger partial charge in [-0.3, -0.25) is 9.59 Å². The summed E-state index contributed by atoms with van der Waals surface area (Å²) in [7, 11) is 1.55. The van der Waals surface area contributed by atoms with Crippen LogP contribution < -0.4 is 15.4 Å². The third-order valence-corrected chi connectivity index (χ3v) is 6.45. The molecule has 0 aliphatic carbocycles. The number of amides is 2. The number of nitrogens with one attached hydrogen (secondary N) is 2. The van der Waals surface area contributed by atoms with E-state index < -0.39 is 6.04 Å². The molecule has 0 fully saturated rings. The number of aliphatic hydroxyl groups excluding tert-OH is 1. The van der Waals surface area contributed by atoms with Crippen LogP contribution in [0, 0.1) is 20.8 Å². The third kappa shape index (κ3) is 6.52. The van der Waals surface area contributed by atoms with Crippen LogP contribution in [0.15, 0.2) is 54.2 Å². The van der Waals surface area contributed by atoms with Crippen LogP contribution in [-0.2, 0) is 11.3 Å². The van der Waals surface area contributed by atoms with Crippen molar-refractivity contribution in [2.75, 3.05) is 24.8 Å². The number of nitrogens with zero attached hydrogens (tertiary/aromatic N) is 3. The SMILES string of the molecule is C=CCn1c(SCC(=O)Nc2c(C)cc(C)cc2C)nnc1C(CO)NC(=O)c1ccc(OC)cc1. The number of anilines is 1. The Bertz CT molecular complexity index is 1220. The van der Waals surface area contributed by atoms with E-state index in [0.717, 1.165) is 22.4 Å². The molecular weight excluding hydrogens is 478 g/mol. The lowest BCUT2D eigenvalue weighted by atomic mass is 10.1. The van der Waals surface area contributed by atoms with Gasteiger partial charge in [-0.2, -0.15) is 0 Å². The van der Waals surface area contributed by atoms with Crippen molar-refractivity contribution in [2.24, 2.45) is 0 Å². The molecule has 0 spiro atoms. The number of carbonyl (C=O) groups excluding carboxylic acids is 2. The minimum absolute atomic E-state index is 0.115. The van der Waals surface area contributed by atoms with Crippen molar-refractivity contribution in [3.05, 3.63) is 77.1 Å². The first-order valence-corrected chi connectivity index (χ1v) is 12.4. The molecule has 0 saturated heterocycles. The third-order valence-electron chi connectivity index (χ3n) is 5.48. The fourth-order valence-electron chi connectivity index (χ4n) is 3.82. The van der Waals surface area contributed by atoms with Gasteiger partial charge in [0, 0.05) is 17.8 Å². The van der Waals surface area contributed by atoms with E-state index in [2.05, 4.69) is 27.4 Å². The molecule has 36 heavy (non-hydrogen) atoms. The largest absolute Gasteiger partial charge is 0.497 e. The molecule has 1 heterocycles. The zero-order chi connectivity index (χ0) is 26.2. The Hall–Kier alpha value is -3.63. The molecule has 190 valence electrons. The smallest absolute Gasteiger partial charge is 0.251 e. The molecule has 0 bridgehead atoms. The lowest BCUT2D eigenvalue weighted by Gasteiger charge is -2.17. The molecule has 1 atom stereocenters. The number of ether oxygens (including phenoxy) is 1. The van der Waals surface area contributed by atoms with Crippen molar-refractivity contribution in [1.29, 1.82) is 0 Å². The first-order chi connectivity index (χ1) is 17.3. The highest BCUT2D eigenvalue weighted by atomic mass is 32.2. The van der Waals surface area contributed by atoms with Gasteiger partial charge in [0.25, 0.3) is 5.91 Å². The van der Waals surface area contributed by atoms with Gasteiger partial charge in [0.2, 0.25) is 5.91 Å². The summed E-state index contributed by atoms with van der Waals surface area (Å²) >= 11 is 1.22. The summed E-state index contributed by atoms with van der Waals surface area (Å²) in [6, 6.07) is 9.89. The molecule has 1 aromatic heterocycles. The maximum Gasteiger partial charge on any atom is 0.251 e. The number of methoxy groups -OCH3 is 1. The van der Waals surface area contributed by atoms with E-state index in [-0.39, 0.29) is 24.2 Å². The highest BCUT2D eigenvalue weighted by Crippen LogP contribution is 2.24. The zero-order valence-corrected chi connectivity index (χ0v) is 21.7. The molecule has 2 amide bonds. The first-order valence-electron chi connectivity index (χ1n) is 11.4. The fourth-order valence-corrected chi connectivity index (χ4v) is 4.58. The molecule has 3 N–H and O–H groups in total. The van der Waals surface area contributed by atoms with E-state index in [4.69, 9.17) is 4.74 Å². The molecule has 2 aromatic carbocycles. The van der Waals surface area contributed by atoms with E-state index >= 15 is 0 Å². The Balaban J connectivity index is 1.72. The number of carbonyl (C=O) groups is 2. The van der Waals surface area contributed by atoms with Crippen LogP contribution in [0.5, 0.6) is 5.75 Å². The molecule has 0 saturated carbocycles. The standard InChI is InChI=1S/C26H31N5O4S/c1-6-11-31-24(21(14-32)27-25(34)19-7-9-20(35-5)10-8-19)29-30-26(31)36-15-22(33)28-23-17(3)12-16(2)13-18(23)4/h6-10,12-13,21,32H,1,11,14-15H2,2-5H3,(H,27,34)(H,28,33). The van der Waals surface area contributed by atoms with Crippen LogP contribution >= 0.6 is 11.8 Å². The summed E-state index contributed by atoms with van der Waals surface area (Å²) < 4.78 is 6.85. The Morgan fingerprint density at radius 2 is 1.83 bits per heavy atom. The van der Waals surface area contributed by atoms with Crippen molar-refractivity contribution in [3.63, 3.8) is 0 Å². The van der Waals surface area contributed by atoms with Crippen LogP contribution in [0.3, 0.4) is 0 Å². The van der Waals surface area contributed by atoms with Gasteiger partial charge in [0.15, 0.2) is 11.0 Å². The number of thioether (sulfide) groups is 1. The van der Waals surface area contributed by atoms with Gasteiger partial charge in [-0.1, -0.05) is 35.5 Å². The molecule has 0 aliphatic rings. The average Bonchev–Trinajstić information content (AvgIpc) is 3.25. The second kappa shape index (κ2) is 12.4. The molecule has 10 heteroatoms. The Kier molecular flexibility index (Phi) is 9.26. The maximum atomic E-state index is 12.7. The average molecular weight is 510 g/mol. The van der Waals surface area contributed by atoms with E-state index in [1.54, 1.807) is 42.0 Å². The summed E-state index contributed by atoms with van der Waals surface area (Å²) in [6.45, 7) is 9.69. The quantitative estimate of drug-likeness (QED) is 0.267. The van der Waals surface area contributed by atoms with Gasteiger partial charge in [-0.25, -0.2) is 0 Å². The van der Waals surface area contributed by atoms with E-state index in [9.17, 15) is 14.7 Å². The van der Waals surface area contributed by atoms with Gasteiger partial charge >= 0.3 is 0 Å². The van der Waals surface area contributed by atoms with Gasteiger partial charge in [-0.15, -0.1) is 16.8 Å². The monoisotopic (exact) mass is 509 g/mol. The van der Waals surface area contributed by atoms with Crippen LogP contribution in [0.4, 0.5) is 5.69 Å². The minimum Gasteiger partial charge on any atom is -0.497 e. The predicted octanol–water partition coefficient (Wildman–Crippen LogP) is 3.59. The van der Waals surface area contributed by atoms with Crippen molar-refractivity contribution < 1.29 is 19.4 Å². The predicted molar refractivity (Wildman–Crippen MR) is 141 cm³/mol. The summed E-state index contributed by atoms with van der Waals surface area (Å²) in [4.78, 5) is 25.4. The van der Waals surface area contributed by atoms with E-state index in [1.165, 1.54) is 11.8 Å². The number of rotatable bonds is 11. The van der Waals surface area contributed by atoms with Gasteiger partial charge in [0.05, 0.1) is 19.5 Å². The Labute approximate surface area is 215 Å². The Morgan fingerprint density at radius 3 is 2.42 bits per heavy atom. The van der Waals surface area contributed by atoms with Gasteiger partial charge in [0.1, 0.15) is 11.8 Å². The highest BCUT2D eigenvalue weighted by molar-refractivity contribution is 7.99. The summed E-state index contributed by atoms with van der Waals surface area (Å²) in [6.07, 6.45) is 1.66. The van der Waals surface area contributed by atoms with Crippen LogP contribution in [0.2, 0.25) is 0 Å². The molecule has 3 aromatic rings. The molecule has 1 unspecified atom stereocenters. The van der Waals surface area contributed by atoms with E-state index in [0.29, 0.717) is 28.8 Å². The summed E-state index contributed by atoms with van der Waals surface area (Å²) in [5, 5.41) is 24.6. The topological polar surface area (TPSA) is 118 Å². The molecular formula is C26H31N5O4S. The number of hydrogen-bond donors (Lipinski definition) is 3. The fraction of sp³-hybridized carbons (Fsp3) is 0.308. The number of aromatic nitrogens is 3. The number of allylic oxidation sites excluding steroid dienone is 1. The van der Waals surface area contributed by atoms with Crippen LogP contribution in [0.25, 0.3) is 0 Å². The van der Waals surface area contributed by atoms with Crippen molar-refractivity contribution in [2.45, 2.75) is 38.5 Å². The zero-order valence-electron chi connectivity index (χ0n) is 20.9. The van der Waals surface area contributed by atoms with Crippen molar-refractivity contribution >= 4 is 29.3 Å². The normalized spacial score (nSPS) is 11.6. The summed E-state index contributed by atoms with van der Waals surface area (Å²) in [5.41, 5.74) is 4.36. The lowest BCUT2D eigenvalue weighted by Crippen LogP contribution is -2.33. The number of hydrogen-bond acceptors (Lipinski definition) is 7. The second-order valence-corrected chi connectivity index (χ2v) is 9.23. The minimum atomic E-state index is -0.798. The lowest BCUT2D eigenvalue weighted by molar-refractivity contribution is -0.113. The van der Waals surface area contributed by atoms with Crippen molar-refractivity contribution in [3.8, 4) is 5.75 Å². The number of aryl methyl sites for hydroxylation is 3. The molecule has 0 radical (unpaired) electrons. The van der Waals surface area contributed by atoms with Crippen LogP contribution in [-0.4, -0.2) is 51.2 Å². The molecule has 0 aliphatic heterocycles. The van der Waals surface area contributed by atoms with Crippen LogP contribution in [0.1, 0.15) is 38.9 Å². The van der Waals surface area contributed by atoms with Gasteiger partial charge < -0.3 is 25.0 Å². The maximum absolute atomic E-state index is 12.7. The van der Waals surface area contributed by atoms with Crippen molar-refractivity contribution in [1.82, 2.24) is 20.1 Å². The Morgan fingerprint density at radius 1 is 1.17 bits per heavy atom. The second-order valence-electron chi connectivity index (χ2n) is 8.29. The first kappa shape index (κ1) is 27.0. The van der Waals surface area contributed by atoms with Gasteiger partial charge in [-0.05, 0) is 56.2 Å². The number of aliphatic hydroxyl groups is 1. The summed E-state index contributed by atoms with van der Waals surface area (Å²) in [5.74, 6) is 0.574. The van der Waals surface area contributed by atoms with E-state index in [1.807, 2.05) is 32.9 Å². The molecule has 9 nitrogen and oxygen atoms in total. The highest BCUT2D eigenvalue weighted by Gasteiger charge is 2.23. The number of benzene rings is 2. The molecule has 3 rings (SSSR count).